The zero-order chi connectivity index (χ0) is 21.1. The lowest BCUT2D eigenvalue weighted by Gasteiger charge is -2.33. The second kappa shape index (κ2) is 8.55. The maximum atomic E-state index is 13.1. The number of pyridine rings is 1. The molecule has 1 aliphatic heterocycles. The van der Waals surface area contributed by atoms with Gasteiger partial charge in [0.1, 0.15) is 10.5 Å². The number of aromatic nitrogens is 2. The van der Waals surface area contributed by atoms with Gasteiger partial charge in [-0.25, -0.2) is 13.4 Å². The number of carbonyl (C=O) groups is 1. The molecule has 0 bridgehead atoms. The van der Waals surface area contributed by atoms with E-state index in [-0.39, 0.29) is 17.3 Å². The first-order valence-corrected chi connectivity index (χ1v) is 11.3. The molecule has 8 nitrogen and oxygen atoms in total. The molecule has 158 valence electrons. The third-order valence-corrected chi connectivity index (χ3v) is 7.28. The van der Waals surface area contributed by atoms with Crippen molar-refractivity contribution in [2.24, 2.45) is 0 Å². The first kappa shape index (κ1) is 20.5. The van der Waals surface area contributed by atoms with Crippen molar-refractivity contribution < 1.29 is 13.2 Å². The van der Waals surface area contributed by atoms with E-state index in [9.17, 15) is 13.2 Å². The van der Waals surface area contributed by atoms with E-state index >= 15 is 0 Å². The summed E-state index contributed by atoms with van der Waals surface area (Å²) in [6.45, 7) is 4.49. The van der Waals surface area contributed by atoms with E-state index in [1.807, 2.05) is 36.1 Å². The Morgan fingerprint density at radius 1 is 1.13 bits per heavy atom. The maximum absolute atomic E-state index is 13.1. The fraction of sp³-hybridized carbons (Fsp3) is 0.333. The number of fused-ring (bicyclic) bond motifs is 1. The van der Waals surface area contributed by atoms with Crippen LogP contribution < -0.4 is 5.32 Å². The Hall–Kier alpha value is -2.75. The standard InChI is InChI=1S/C21H25N5O3S/c1-16-4-6-17(7-5-16)13-23-20(27)15-25-9-11-26(12-10-25)30(28,29)19-14-24-21-18(19)3-2-8-22-21/h2-8,14H,9-13,15H2,1H3,(H,22,24)(H,23,27). The van der Waals surface area contributed by atoms with Crippen LogP contribution in [-0.2, 0) is 21.4 Å². The second-order valence-corrected chi connectivity index (χ2v) is 9.40. The van der Waals surface area contributed by atoms with Crippen molar-refractivity contribution >= 4 is 27.0 Å². The first-order valence-electron chi connectivity index (χ1n) is 9.90. The number of aryl methyl sites for hydroxylation is 1. The lowest BCUT2D eigenvalue weighted by atomic mass is 10.1. The van der Waals surface area contributed by atoms with Gasteiger partial charge in [-0.15, -0.1) is 0 Å². The van der Waals surface area contributed by atoms with Gasteiger partial charge in [-0.05, 0) is 24.6 Å². The average molecular weight is 428 g/mol. The lowest BCUT2D eigenvalue weighted by Crippen LogP contribution is -2.50. The topological polar surface area (TPSA) is 98.4 Å². The molecule has 4 rings (SSSR count). The minimum atomic E-state index is -3.61. The summed E-state index contributed by atoms with van der Waals surface area (Å²) in [6, 6.07) is 11.5. The molecule has 0 aliphatic carbocycles. The van der Waals surface area contributed by atoms with E-state index in [2.05, 4.69) is 15.3 Å². The monoisotopic (exact) mass is 427 g/mol. The Bertz CT molecular complexity index is 1130. The number of nitrogens with zero attached hydrogens (tertiary/aromatic N) is 3. The summed E-state index contributed by atoms with van der Waals surface area (Å²) in [7, 11) is -3.61. The fourth-order valence-electron chi connectivity index (χ4n) is 3.58. The van der Waals surface area contributed by atoms with E-state index < -0.39 is 10.0 Å². The number of hydrogen-bond acceptors (Lipinski definition) is 5. The number of amides is 1. The molecule has 1 aromatic carbocycles. The Morgan fingerprint density at radius 3 is 2.60 bits per heavy atom. The molecule has 0 unspecified atom stereocenters. The van der Waals surface area contributed by atoms with E-state index in [4.69, 9.17) is 0 Å². The maximum Gasteiger partial charge on any atom is 0.245 e. The van der Waals surface area contributed by atoms with Gasteiger partial charge < -0.3 is 10.3 Å². The molecular weight excluding hydrogens is 402 g/mol. The molecule has 0 saturated carbocycles. The van der Waals surface area contributed by atoms with Crippen molar-refractivity contribution in [3.63, 3.8) is 0 Å². The summed E-state index contributed by atoms with van der Waals surface area (Å²) >= 11 is 0. The van der Waals surface area contributed by atoms with Crippen molar-refractivity contribution in [1.82, 2.24) is 24.5 Å². The van der Waals surface area contributed by atoms with Crippen LogP contribution in [0.25, 0.3) is 11.0 Å². The number of piperazine rings is 1. The van der Waals surface area contributed by atoms with Gasteiger partial charge in [0.25, 0.3) is 0 Å². The van der Waals surface area contributed by atoms with Crippen LogP contribution in [0.5, 0.6) is 0 Å². The molecule has 3 aromatic rings. The first-order chi connectivity index (χ1) is 14.4. The van der Waals surface area contributed by atoms with Crippen molar-refractivity contribution in [3.8, 4) is 0 Å². The predicted octanol–water partition coefficient (Wildman–Crippen LogP) is 1.49. The van der Waals surface area contributed by atoms with Crippen LogP contribution in [0.3, 0.4) is 0 Å². The van der Waals surface area contributed by atoms with Gasteiger partial charge in [-0.3, -0.25) is 9.69 Å². The van der Waals surface area contributed by atoms with Crippen LogP contribution >= 0.6 is 0 Å². The molecule has 0 radical (unpaired) electrons. The summed E-state index contributed by atoms with van der Waals surface area (Å²) in [5.41, 5.74) is 2.79. The third-order valence-electron chi connectivity index (χ3n) is 5.34. The molecular formula is C21H25N5O3S. The number of sulfonamides is 1. The zero-order valence-corrected chi connectivity index (χ0v) is 17.7. The van der Waals surface area contributed by atoms with Crippen molar-refractivity contribution in [1.29, 1.82) is 0 Å². The summed E-state index contributed by atoms with van der Waals surface area (Å²) < 4.78 is 27.6. The molecule has 1 aliphatic rings. The highest BCUT2D eigenvalue weighted by molar-refractivity contribution is 7.89. The summed E-state index contributed by atoms with van der Waals surface area (Å²) in [5, 5.41) is 3.52. The van der Waals surface area contributed by atoms with Crippen LogP contribution in [0.1, 0.15) is 11.1 Å². The van der Waals surface area contributed by atoms with Gasteiger partial charge in [-0.2, -0.15) is 4.31 Å². The van der Waals surface area contributed by atoms with E-state index in [0.29, 0.717) is 43.8 Å². The van der Waals surface area contributed by atoms with Gasteiger partial charge in [0, 0.05) is 50.5 Å². The lowest BCUT2D eigenvalue weighted by molar-refractivity contribution is -0.122. The third kappa shape index (κ3) is 4.38. The van der Waals surface area contributed by atoms with Gasteiger partial charge in [-0.1, -0.05) is 29.8 Å². The van der Waals surface area contributed by atoms with Gasteiger partial charge >= 0.3 is 0 Å². The molecule has 0 atom stereocenters. The molecule has 3 heterocycles. The number of H-pyrrole nitrogens is 1. The van der Waals surface area contributed by atoms with Crippen LogP contribution in [-0.4, -0.2) is 66.2 Å². The normalized spacial score (nSPS) is 16.0. The number of carbonyl (C=O) groups excluding carboxylic acids is 1. The minimum absolute atomic E-state index is 0.0606. The SMILES string of the molecule is Cc1ccc(CNC(=O)CN2CCN(S(=O)(=O)c3c[nH]c4ncccc34)CC2)cc1. The number of nitrogens with one attached hydrogen (secondary N) is 2. The van der Waals surface area contributed by atoms with Crippen LogP contribution in [0.4, 0.5) is 0 Å². The van der Waals surface area contributed by atoms with Gasteiger partial charge in [0.15, 0.2) is 0 Å². The predicted molar refractivity (Wildman–Crippen MR) is 114 cm³/mol. The molecule has 2 aromatic heterocycles. The smallest absolute Gasteiger partial charge is 0.245 e. The van der Waals surface area contributed by atoms with Crippen molar-refractivity contribution in [2.75, 3.05) is 32.7 Å². The number of benzene rings is 1. The summed E-state index contributed by atoms with van der Waals surface area (Å²) in [6.07, 6.45) is 3.12. The van der Waals surface area contributed by atoms with E-state index in [1.165, 1.54) is 16.1 Å². The zero-order valence-electron chi connectivity index (χ0n) is 16.8. The highest BCUT2D eigenvalue weighted by Crippen LogP contribution is 2.25. The van der Waals surface area contributed by atoms with Gasteiger partial charge in [0.2, 0.25) is 15.9 Å². The van der Waals surface area contributed by atoms with Crippen molar-refractivity contribution in [2.45, 2.75) is 18.4 Å². The molecule has 1 amide bonds. The van der Waals surface area contributed by atoms with Crippen LogP contribution in [0.2, 0.25) is 0 Å². The molecule has 0 spiro atoms. The van der Waals surface area contributed by atoms with E-state index in [0.717, 1.165) is 5.56 Å². The fourth-order valence-corrected chi connectivity index (χ4v) is 5.15. The molecule has 30 heavy (non-hydrogen) atoms. The molecule has 1 fully saturated rings. The van der Waals surface area contributed by atoms with E-state index in [1.54, 1.807) is 18.3 Å². The van der Waals surface area contributed by atoms with Gasteiger partial charge in [0.05, 0.1) is 6.54 Å². The van der Waals surface area contributed by atoms with Crippen LogP contribution in [0, 0.1) is 6.92 Å². The minimum Gasteiger partial charge on any atom is -0.351 e. The average Bonchev–Trinajstić information content (AvgIpc) is 3.19. The Morgan fingerprint density at radius 2 is 1.87 bits per heavy atom. The molecule has 2 N–H and O–H groups in total. The number of hydrogen-bond donors (Lipinski definition) is 2. The quantitative estimate of drug-likeness (QED) is 0.621. The highest BCUT2D eigenvalue weighted by atomic mass is 32.2. The van der Waals surface area contributed by atoms with Crippen molar-refractivity contribution in [3.05, 3.63) is 59.9 Å². The summed E-state index contributed by atoms with van der Waals surface area (Å²) in [5.74, 6) is -0.0606. The molecule has 1 saturated heterocycles. The number of rotatable bonds is 6. The number of aromatic amines is 1. The Kier molecular flexibility index (Phi) is 5.85. The van der Waals surface area contributed by atoms with Crippen LogP contribution in [0.15, 0.2) is 53.7 Å². The summed E-state index contributed by atoms with van der Waals surface area (Å²) in [4.78, 5) is 21.6. The highest BCUT2D eigenvalue weighted by Gasteiger charge is 2.31. The largest absolute Gasteiger partial charge is 0.351 e. The Balaban J connectivity index is 1.31. The molecule has 9 heteroatoms. The Labute approximate surface area is 176 Å². The second-order valence-electron chi connectivity index (χ2n) is 7.50.